The van der Waals surface area contributed by atoms with Crippen molar-refractivity contribution in [1.29, 1.82) is 0 Å². The van der Waals surface area contributed by atoms with Gasteiger partial charge in [0.2, 0.25) is 0 Å². The molecule has 1 aliphatic carbocycles. The van der Waals surface area contributed by atoms with Gasteiger partial charge < -0.3 is 14.6 Å². The van der Waals surface area contributed by atoms with Gasteiger partial charge in [-0.1, -0.05) is 24.3 Å². The topological polar surface area (TPSA) is 60.3 Å². The largest absolute Gasteiger partial charge is 0.452 e. The second-order valence-corrected chi connectivity index (χ2v) is 7.88. The van der Waals surface area contributed by atoms with Gasteiger partial charge in [0.1, 0.15) is 5.82 Å². The fourth-order valence-electron chi connectivity index (χ4n) is 4.31. The summed E-state index contributed by atoms with van der Waals surface area (Å²) < 4.78 is 20.4. The molecule has 4 rings (SSSR count). The molecule has 31 heavy (non-hydrogen) atoms. The molecule has 0 spiro atoms. The highest BCUT2D eigenvalue weighted by atomic mass is 19.1. The van der Waals surface area contributed by atoms with Crippen LogP contribution in [0.4, 0.5) is 4.39 Å². The van der Waals surface area contributed by atoms with Crippen molar-refractivity contribution in [3.05, 3.63) is 88.5 Å². The molecule has 0 unspecified atom stereocenters. The van der Waals surface area contributed by atoms with Crippen LogP contribution >= 0.6 is 0 Å². The maximum atomic E-state index is 13.2. The number of aromatic nitrogens is 1. The van der Waals surface area contributed by atoms with Crippen LogP contribution in [0.1, 0.15) is 51.8 Å². The van der Waals surface area contributed by atoms with E-state index in [2.05, 4.69) is 11.4 Å². The van der Waals surface area contributed by atoms with Gasteiger partial charge in [-0.05, 0) is 74.6 Å². The third-order valence-electron chi connectivity index (χ3n) is 5.77. The molecule has 0 radical (unpaired) electrons. The number of hydrogen-bond donors (Lipinski definition) is 1. The summed E-state index contributed by atoms with van der Waals surface area (Å²) in [5.41, 5.74) is 5.03. The first-order valence-corrected chi connectivity index (χ1v) is 10.4. The van der Waals surface area contributed by atoms with Gasteiger partial charge in [0.15, 0.2) is 6.61 Å². The van der Waals surface area contributed by atoms with E-state index < -0.39 is 5.97 Å². The predicted molar refractivity (Wildman–Crippen MR) is 116 cm³/mol. The van der Waals surface area contributed by atoms with Crippen LogP contribution in [0.25, 0.3) is 5.69 Å². The molecular weight excluding hydrogens is 395 g/mol. The van der Waals surface area contributed by atoms with Crippen LogP contribution in [0.3, 0.4) is 0 Å². The van der Waals surface area contributed by atoms with Crippen molar-refractivity contribution in [1.82, 2.24) is 9.88 Å². The van der Waals surface area contributed by atoms with Crippen molar-refractivity contribution in [2.24, 2.45) is 0 Å². The number of ether oxygens (including phenoxy) is 1. The number of benzene rings is 2. The minimum atomic E-state index is -0.555. The Balaban J connectivity index is 1.41. The molecule has 0 saturated heterocycles. The summed E-state index contributed by atoms with van der Waals surface area (Å²) in [5, 5.41) is 2.99. The van der Waals surface area contributed by atoms with Gasteiger partial charge in [0.25, 0.3) is 5.91 Å². The molecule has 0 aliphatic heterocycles. The Morgan fingerprint density at radius 2 is 1.87 bits per heavy atom. The van der Waals surface area contributed by atoms with Crippen LogP contribution in [0.5, 0.6) is 0 Å². The average Bonchev–Trinajstić information content (AvgIpc) is 3.07. The molecule has 1 atom stereocenters. The normalized spacial score (nSPS) is 15.3. The van der Waals surface area contributed by atoms with Crippen LogP contribution in [0.2, 0.25) is 0 Å². The summed E-state index contributed by atoms with van der Waals surface area (Å²) >= 11 is 0. The van der Waals surface area contributed by atoms with Gasteiger partial charge in [-0.3, -0.25) is 4.79 Å². The first-order valence-electron chi connectivity index (χ1n) is 10.4. The molecule has 160 valence electrons. The van der Waals surface area contributed by atoms with Crippen molar-refractivity contribution in [2.45, 2.75) is 39.2 Å². The number of amides is 1. The highest BCUT2D eigenvalue weighted by Crippen LogP contribution is 2.29. The zero-order valence-electron chi connectivity index (χ0n) is 17.7. The van der Waals surface area contributed by atoms with Crippen molar-refractivity contribution in [3.8, 4) is 5.69 Å². The molecular formula is C25H25FN2O3. The maximum Gasteiger partial charge on any atom is 0.340 e. The fourth-order valence-corrected chi connectivity index (χ4v) is 4.31. The third-order valence-corrected chi connectivity index (χ3v) is 5.77. The third kappa shape index (κ3) is 4.38. The Bertz CT molecular complexity index is 1120. The average molecular weight is 420 g/mol. The highest BCUT2D eigenvalue weighted by Gasteiger charge is 2.23. The van der Waals surface area contributed by atoms with Gasteiger partial charge in [-0.25, -0.2) is 9.18 Å². The van der Waals surface area contributed by atoms with Crippen LogP contribution < -0.4 is 5.32 Å². The summed E-state index contributed by atoms with van der Waals surface area (Å²) in [5.74, 6) is -1.19. The van der Waals surface area contributed by atoms with E-state index in [0.717, 1.165) is 36.2 Å². The van der Waals surface area contributed by atoms with E-state index >= 15 is 0 Å². The monoisotopic (exact) mass is 420 g/mol. The molecule has 0 bridgehead atoms. The summed E-state index contributed by atoms with van der Waals surface area (Å²) in [7, 11) is 0. The van der Waals surface area contributed by atoms with Gasteiger partial charge in [-0.2, -0.15) is 0 Å². The molecule has 1 aromatic heterocycles. The number of carbonyl (C=O) groups excluding carboxylic acids is 2. The quantitative estimate of drug-likeness (QED) is 0.615. The van der Waals surface area contributed by atoms with Gasteiger partial charge in [0.05, 0.1) is 11.6 Å². The van der Waals surface area contributed by atoms with Crippen molar-refractivity contribution in [2.75, 3.05) is 6.61 Å². The van der Waals surface area contributed by atoms with Crippen LogP contribution in [-0.2, 0) is 16.0 Å². The lowest BCUT2D eigenvalue weighted by atomic mass is 9.88. The van der Waals surface area contributed by atoms with Crippen molar-refractivity contribution < 1.29 is 18.7 Å². The number of carbonyl (C=O) groups is 2. The summed E-state index contributed by atoms with van der Waals surface area (Å²) in [6.45, 7) is 3.32. The van der Waals surface area contributed by atoms with E-state index in [1.807, 2.05) is 29.7 Å². The first kappa shape index (κ1) is 20.8. The van der Waals surface area contributed by atoms with E-state index in [0.29, 0.717) is 11.3 Å². The number of nitrogens with one attached hydrogen (secondary N) is 1. The Morgan fingerprint density at radius 3 is 2.65 bits per heavy atom. The van der Waals surface area contributed by atoms with E-state index in [9.17, 15) is 14.0 Å². The van der Waals surface area contributed by atoms with Gasteiger partial charge in [0, 0.05) is 17.1 Å². The number of esters is 1. The van der Waals surface area contributed by atoms with Crippen LogP contribution in [0, 0.1) is 19.7 Å². The molecule has 1 amide bonds. The van der Waals surface area contributed by atoms with E-state index in [4.69, 9.17) is 4.74 Å². The smallest absolute Gasteiger partial charge is 0.340 e. The van der Waals surface area contributed by atoms with Gasteiger partial charge >= 0.3 is 5.97 Å². The number of aryl methyl sites for hydroxylation is 2. The molecule has 6 heteroatoms. The zero-order chi connectivity index (χ0) is 22.0. The first-order chi connectivity index (χ1) is 14.9. The molecule has 5 nitrogen and oxygen atoms in total. The molecule has 1 N–H and O–H groups in total. The Labute approximate surface area is 180 Å². The lowest BCUT2D eigenvalue weighted by Gasteiger charge is -2.26. The molecule has 1 heterocycles. The molecule has 3 aromatic rings. The van der Waals surface area contributed by atoms with E-state index in [-0.39, 0.29) is 24.4 Å². The second-order valence-electron chi connectivity index (χ2n) is 7.88. The number of hydrogen-bond acceptors (Lipinski definition) is 3. The second kappa shape index (κ2) is 8.76. The SMILES string of the molecule is Cc1cc(C(=O)OCC(=O)N[C@@H]2CCCc3ccccc32)c(C)n1-c1ccc(F)cc1. The van der Waals surface area contributed by atoms with Crippen LogP contribution in [0.15, 0.2) is 54.6 Å². The summed E-state index contributed by atoms with van der Waals surface area (Å²) in [6, 6.07) is 15.8. The Kier molecular flexibility index (Phi) is 5.89. The minimum Gasteiger partial charge on any atom is -0.452 e. The Hall–Kier alpha value is -3.41. The Morgan fingerprint density at radius 1 is 1.13 bits per heavy atom. The number of nitrogens with zero attached hydrogens (tertiary/aromatic N) is 1. The minimum absolute atomic E-state index is 0.0558. The highest BCUT2D eigenvalue weighted by molar-refractivity contribution is 5.93. The predicted octanol–water partition coefficient (Wildman–Crippen LogP) is 4.58. The van der Waals surface area contributed by atoms with E-state index in [1.54, 1.807) is 25.1 Å². The van der Waals surface area contributed by atoms with Crippen molar-refractivity contribution >= 4 is 11.9 Å². The summed E-state index contributed by atoms with van der Waals surface area (Å²) in [6.07, 6.45) is 2.90. The molecule has 0 saturated carbocycles. The standard InChI is InChI=1S/C25H25FN2O3/c1-16-14-22(17(2)28(16)20-12-10-19(26)11-13-20)25(30)31-15-24(29)27-23-9-5-7-18-6-3-4-8-21(18)23/h3-4,6,8,10-14,23H,5,7,9,15H2,1-2H3,(H,27,29)/t23-/m1/s1. The molecule has 2 aromatic carbocycles. The van der Waals surface area contributed by atoms with Gasteiger partial charge in [-0.15, -0.1) is 0 Å². The van der Waals surface area contributed by atoms with Crippen LogP contribution in [-0.4, -0.2) is 23.1 Å². The molecule has 1 aliphatic rings. The lowest BCUT2D eigenvalue weighted by Crippen LogP contribution is -2.34. The molecule has 0 fully saturated rings. The van der Waals surface area contributed by atoms with Crippen molar-refractivity contribution in [3.63, 3.8) is 0 Å². The maximum absolute atomic E-state index is 13.2. The lowest BCUT2D eigenvalue weighted by molar-refractivity contribution is -0.125. The number of rotatable bonds is 5. The number of halogens is 1. The number of fused-ring (bicyclic) bond motifs is 1. The fraction of sp³-hybridized carbons (Fsp3) is 0.280. The summed E-state index contributed by atoms with van der Waals surface area (Å²) in [4.78, 5) is 25.1. The zero-order valence-corrected chi connectivity index (χ0v) is 17.7. The van der Waals surface area contributed by atoms with E-state index in [1.165, 1.54) is 17.7 Å².